The Balaban J connectivity index is 0.000000240. The van der Waals surface area contributed by atoms with Crippen LogP contribution in [0.3, 0.4) is 0 Å². The van der Waals surface area contributed by atoms with Gasteiger partial charge in [0.1, 0.15) is 0 Å². The zero-order valence-corrected chi connectivity index (χ0v) is 16.5. The number of non-ortho nitro benzene ring substituents is 2. The quantitative estimate of drug-likeness (QED) is 0.170. The minimum atomic E-state index is -0.586. The van der Waals surface area contributed by atoms with Crippen molar-refractivity contribution in [2.75, 3.05) is 5.73 Å². The number of nitrogens with two attached hydrogens (primary N) is 1. The average Bonchev–Trinajstić information content (AvgIpc) is 2.49. The van der Waals surface area contributed by atoms with Crippen molar-refractivity contribution >= 4 is 86.1 Å². The Morgan fingerprint density at radius 1 is 0.792 bits per heavy atom. The maximum atomic E-state index is 10.3. The van der Waals surface area contributed by atoms with Gasteiger partial charge in [-0.3, -0.25) is 20.2 Å². The minimum absolute atomic E-state index is 0.0919. The summed E-state index contributed by atoms with van der Waals surface area (Å²) in [6.07, 6.45) is 0. The van der Waals surface area contributed by atoms with E-state index in [9.17, 15) is 20.2 Å². The number of benzene rings is 2. The number of nitro benzene ring substituents is 2. The highest BCUT2D eigenvalue weighted by Gasteiger charge is 2.12. The molecule has 0 atom stereocenters. The lowest BCUT2D eigenvalue weighted by Gasteiger charge is -1.99. The molecule has 0 aliphatic carbocycles. The number of nitrogen functional groups attached to an aromatic ring is 1. The lowest BCUT2D eigenvalue weighted by Crippen LogP contribution is -1.92. The van der Waals surface area contributed by atoms with Crippen LogP contribution in [0, 0.1) is 23.8 Å². The first kappa shape index (κ1) is 21.0. The SMILES string of the molecule is Nc1c(Cl)cc([N+](=O)[O-])cc1Cl.O=[N+]([O-])c1cc(Cl)c(I)c(Cl)c1. The van der Waals surface area contributed by atoms with Crippen LogP contribution in [-0.4, -0.2) is 9.85 Å². The van der Waals surface area contributed by atoms with Crippen LogP contribution in [0.4, 0.5) is 17.1 Å². The van der Waals surface area contributed by atoms with E-state index < -0.39 is 9.85 Å². The highest BCUT2D eigenvalue weighted by atomic mass is 127. The van der Waals surface area contributed by atoms with Gasteiger partial charge < -0.3 is 5.73 Å². The van der Waals surface area contributed by atoms with Crippen LogP contribution >= 0.6 is 69.0 Å². The second-order valence-electron chi connectivity index (χ2n) is 4.06. The van der Waals surface area contributed by atoms with Gasteiger partial charge in [0.2, 0.25) is 0 Å². The van der Waals surface area contributed by atoms with Gasteiger partial charge in [0.15, 0.2) is 0 Å². The van der Waals surface area contributed by atoms with E-state index in [0.29, 0.717) is 13.6 Å². The third-order valence-corrected chi connectivity index (χ3v) is 5.48. The Morgan fingerprint density at radius 3 is 1.38 bits per heavy atom. The van der Waals surface area contributed by atoms with Gasteiger partial charge in [-0.2, -0.15) is 0 Å². The van der Waals surface area contributed by atoms with Gasteiger partial charge in [0, 0.05) is 24.3 Å². The first-order valence-electron chi connectivity index (χ1n) is 5.72. The first-order valence-corrected chi connectivity index (χ1v) is 8.31. The van der Waals surface area contributed by atoms with Crippen LogP contribution in [-0.2, 0) is 0 Å². The predicted molar refractivity (Wildman–Crippen MR) is 103 cm³/mol. The number of nitrogens with zero attached hydrogens (tertiary/aromatic N) is 2. The molecule has 0 aliphatic heterocycles. The number of hydrogen-bond acceptors (Lipinski definition) is 5. The summed E-state index contributed by atoms with van der Waals surface area (Å²) >= 11 is 24.4. The zero-order valence-electron chi connectivity index (χ0n) is 11.3. The highest BCUT2D eigenvalue weighted by Crippen LogP contribution is 2.32. The molecule has 0 heterocycles. The number of hydrogen-bond donors (Lipinski definition) is 1. The molecule has 0 aromatic heterocycles. The van der Waals surface area contributed by atoms with Crippen molar-refractivity contribution in [3.8, 4) is 0 Å². The maximum Gasteiger partial charge on any atom is 0.272 e. The molecule has 0 unspecified atom stereocenters. The molecule has 0 amide bonds. The third kappa shape index (κ3) is 5.49. The van der Waals surface area contributed by atoms with E-state index in [2.05, 4.69) is 0 Å². The summed E-state index contributed by atoms with van der Waals surface area (Å²) in [7, 11) is 0. The number of rotatable bonds is 2. The summed E-state index contributed by atoms with van der Waals surface area (Å²) in [5.74, 6) is 0. The van der Waals surface area contributed by atoms with E-state index >= 15 is 0 Å². The summed E-state index contributed by atoms with van der Waals surface area (Å²) in [4.78, 5) is 19.4. The van der Waals surface area contributed by atoms with Gasteiger partial charge in [-0.25, -0.2) is 0 Å². The predicted octanol–water partition coefficient (Wildman–Crippen LogP) is 5.99. The van der Waals surface area contributed by atoms with Gasteiger partial charge in [0.05, 0.1) is 39.2 Å². The summed E-state index contributed by atoms with van der Waals surface area (Å²) in [6, 6.07) is 4.86. The van der Waals surface area contributed by atoms with E-state index in [4.69, 9.17) is 52.1 Å². The molecular formula is C12H6Cl4IN3O4. The van der Waals surface area contributed by atoms with Gasteiger partial charge in [-0.05, 0) is 22.6 Å². The van der Waals surface area contributed by atoms with Gasteiger partial charge in [0.25, 0.3) is 11.4 Å². The molecule has 128 valence electrons. The standard InChI is InChI=1S/C6H2Cl2INO2.C6H4Cl2N2O2/c2*7-4-1-3(10(11)12)2-5(8)6(4)9/h1-2H;1-2H,9H2. The molecule has 2 aromatic rings. The first-order chi connectivity index (χ1) is 11.0. The topological polar surface area (TPSA) is 112 Å². The molecule has 24 heavy (non-hydrogen) atoms. The molecular weight excluding hydrogens is 519 g/mol. The summed E-state index contributed by atoms with van der Waals surface area (Å²) < 4.78 is 0.626. The lowest BCUT2D eigenvalue weighted by molar-refractivity contribution is -0.385. The second kappa shape index (κ2) is 8.86. The van der Waals surface area contributed by atoms with E-state index in [1.165, 1.54) is 12.1 Å². The van der Waals surface area contributed by atoms with E-state index in [1.54, 1.807) is 0 Å². The van der Waals surface area contributed by atoms with Gasteiger partial charge in [-0.15, -0.1) is 0 Å². The van der Waals surface area contributed by atoms with Crippen molar-refractivity contribution < 1.29 is 9.85 Å². The smallest absolute Gasteiger partial charge is 0.272 e. The Bertz CT molecular complexity index is 705. The molecule has 0 bridgehead atoms. The largest absolute Gasteiger partial charge is 0.396 e. The van der Waals surface area contributed by atoms with E-state index in [1.807, 2.05) is 22.6 Å². The van der Waals surface area contributed by atoms with Crippen molar-refractivity contribution in [1.29, 1.82) is 0 Å². The monoisotopic (exact) mass is 523 g/mol. The van der Waals surface area contributed by atoms with E-state index in [-0.39, 0.29) is 27.1 Å². The Hall–Kier alpha value is -1.07. The molecule has 0 radical (unpaired) electrons. The van der Waals surface area contributed by atoms with Crippen molar-refractivity contribution in [2.45, 2.75) is 0 Å². The molecule has 12 heteroatoms. The molecule has 2 N–H and O–H groups in total. The molecule has 0 saturated carbocycles. The summed E-state index contributed by atoms with van der Waals surface area (Å²) in [6.45, 7) is 0. The Labute approximate surface area is 169 Å². The maximum absolute atomic E-state index is 10.3. The molecule has 7 nitrogen and oxygen atoms in total. The van der Waals surface area contributed by atoms with Crippen LogP contribution in [0.25, 0.3) is 0 Å². The minimum Gasteiger partial charge on any atom is -0.396 e. The Kier molecular flexibility index (Phi) is 7.74. The van der Waals surface area contributed by atoms with Gasteiger partial charge in [-0.1, -0.05) is 46.4 Å². The van der Waals surface area contributed by atoms with Crippen molar-refractivity contribution in [1.82, 2.24) is 0 Å². The zero-order chi connectivity index (χ0) is 18.6. The molecule has 2 aromatic carbocycles. The fourth-order valence-electron chi connectivity index (χ4n) is 1.32. The van der Waals surface area contributed by atoms with Crippen LogP contribution < -0.4 is 5.73 Å². The van der Waals surface area contributed by atoms with Crippen LogP contribution in [0.15, 0.2) is 24.3 Å². The molecule has 0 saturated heterocycles. The van der Waals surface area contributed by atoms with Crippen molar-refractivity contribution in [2.24, 2.45) is 0 Å². The average molecular weight is 525 g/mol. The van der Waals surface area contributed by atoms with E-state index in [0.717, 1.165) is 12.1 Å². The van der Waals surface area contributed by atoms with Crippen LogP contribution in [0.1, 0.15) is 0 Å². The molecule has 2 rings (SSSR count). The third-order valence-electron chi connectivity index (χ3n) is 2.45. The molecule has 0 aliphatic rings. The van der Waals surface area contributed by atoms with Crippen LogP contribution in [0.2, 0.25) is 20.1 Å². The number of halogens is 5. The highest BCUT2D eigenvalue weighted by molar-refractivity contribution is 14.1. The number of nitro groups is 2. The second-order valence-corrected chi connectivity index (χ2v) is 6.77. The van der Waals surface area contributed by atoms with Crippen LogP contribution in [0.5, 0.6) is 0 Å². The van der Waals surface area contributed by atoms with Crippen molar-refractivity contribution in [3.63, 3.8) is 0 Å². The fraction of sp³-hybridized carbons (Fsp3) is 0. The molecule has 0 spiro atoms. The molecule has 0 fully saturated rings. The Morgan fingerprint density at radius 2 is 1.08 bits per heavy atom. The lowest BCUT2D eigenvalue weighted by atomic mass is 10.3. The fourth-order valence-corrected chi connectivity index (χ4v) is 2.59. The number of anilines is 1. The van der Waals surface area contributed by atoms with Gasteiger partial charge >= 0.3 is 0 Å². The summed E-state index contributed by atoms with van der Waals surface area (Å²) in [5.41, 5.74) is 5.26. The van der Waals surface area contributed by atoms with Crippen molar-refractivity contribution in [3.05, 3.63) is 68.2 Å². The summed E-state index contributed by atoms with van der Waals surface area (Å²) in [5, 5.41) is 21.4. The normalized spacial score (nSPS) is 9.88.